The zero-order valence-corrected chi connectivity index (χ0v) is 16.0. The van der Waals surface area contributed by atoms with Gasteiger partial charge in [-0.1, -0.05) is 0 Å². The summed E-state index contributed by atoms with van der Waals surface area (Å²) < 4.78 is 36.9. The van der Waals surface area contributed by atoms with Crippen LogP contribution in [0.1, 0.15) is 12.5 Å². The number of rotatable bonds is 7. The van der Waals surface area contributed by atoms with Crippen molar-refractivity contribution in [1.29, 1.82) is 0 Å². The number of fused-ring (bicyclic) bond motifs is 1. The SMILES string of the molecule is Nc1ncc2ncn(C3CC(COP(=O)(O)Oc4ccc(F)cc4)C3CO)c2n1. The summed E-state index contributed by atoms with van der Waals surface area (Å²) in [6.45, 7) is -0.228. The van der Waals surface area contributed by atoms with Crippen LogP contribution in [0.5, 0.6) is 5.75 Å². The quantitative estimate of drug-likeness (QED) is 0.485. The van der Waals surface area contributed by atoms with E-state index in [0.717, 1.165) is 12.1 Å². The van der Waals surface area contributed by atoms with Crippen molar-refractivity contribution in [3.8, 4) is 5.75 Å². The molecule has 4 unspecified atom stereocenters. The fraction of sp³-hybridized carbons (Fsp3) is 0.353. The van der Waals surface area contributed by atoms with Crippen LogP contribution in [0.25, 0.3) is 11.2 Å². The molecule has 2 aromatic heterocycles. The highest BCUT2D eigenvalue weighted by Gasteiger charge is 2.43. The van der Waals surface area contributed by atoms with Crippen LogP contribution in [0.3, 0.4) is 0 Å². The van der Waals surface area contributed by atoms with Crippen molar-refractivity contribution < 1.29 is 28.0 Å². The average molecular weight is 423 g/mol. The van der Waals surface area contributed by atoms with E-state index < -0.39 is 13.6 Å². The maximum atomic E-state index is 12.9. The second-order valence-corrected chi connectivity index (χ2v) is 8.19. The fourth-order valence-corrected chi connectivity index (χ4v) is 4.31. The maximum absolute atomic E-state index is 12.9. The number of phosphoric ester groups is 1. The van der Waals surface area contributed by atoms with Gasteiger partial charge in [0.05, 0.1) is 19.1 Å². The van der Waals surface area contributed by atoms with Crippen LogP contribution in [0.2, 0.25) is 0 Å². The lowest BCUT2D eigenvalue weighted by Crippen LogP contribution is -2.42. The summed E-state index contributed by atoms with van der Waals surface area (Å²) >= 11 is 0. The van der Waals surface area contributed by atoms with Gasteiger partial charge in [0.1, 0.15) is 17.1 Å². The van der Waals surface area contributed by atoms with Gasteiger partial charge >= 0.3 is 7.82 Å². The molecule has 0 aliphatic heterocycles. The van der Waals surface area contributed by atoms with Gasteiger partial charge in [-0.05, 0) is 36.6 Å². The minimum atomic E-state index is -4.39. The lowest BCUT2D eigenvalue weighted by Gasteiger charge is -2.44. The highest BCUT2D eigenvalue weighted by Crippen LogP contribution is 2.49. The maximum Gasteiger partial charge on any atom is 0.527 e. The molecule has 4 rings (SSSR count). The van der Waals surface area contributed by atoms with Gasteiger partial charge in [-0.3, -0.25) is 9.42 Å². The molecule has 1 saturated carbocycles. The first kappa shape index (κ1) is 19.7. The molecular weight excluding hydrogens is 404 g/mol. The predicted octanol–water partition coefficient (Wildman–Crippen LogP) is 1.91. The van der Waals surface area contributed by atoms with E-state index in [1.54, 1.807) is 6.33 Å². The zero-order valence-electron chi connectivity index (χ0n) is 15.1. The summed E-state index contributed by atoms with van der Waals surface area (Å²) in [6, 6.07) is 4.58. The topological polar surface area (TPSA) is 146 Å². The second kappa shape index (κ2) is 7.68. The molecule has 2 heterocycles. The standard InChI is InChI=1S/C17H19FN5O5P/c18-11-1-3-12(4-2-11)28-29(25,26)27-8-10-5-15(13(10)7-24)23-9-21-14-6-20-17(19)22-16(14)23/h1-4,6,9-10,13,15,24H,5,7-8H2,(H,25,26)(H2,19,20,22). The highest BCUT2D eigenvalue weighted by molar-refractivity contribution is 7.47. The monoisotopic (exact) mass is 423 g/mol. The van der Waals surface area contributed by atoms with Crippen molar-refractivity contribution in [3.05, 3.63) is 42.6 Å². The molecule has 12 heteroatoms. The Balaban J connectivity index is 1.40. The van der Waals surface area contributed by atoms with Crippen LogP contribution in [0.4, 0.5) is 10.3 Å². The number of benzene rings is 1. The largest absolute Gasteiger partial charge is 0.527 e. The van der Waals surface area contributed by atoms with Gasteiger partial charge in [-0.15, -0.1) is 0 Å². The third-order valence-electron chi connectivity index (χ3n) is 5.03. The Bertz CT molecular complexity index is 1060. The molecule has 1 fully saturated rings. The van der Waals surface area contributed by atoms with Crippen LogP contribution < -0.4 is 10.3 Å². The number of nitrogens with zero attached hydrogens (tertiary/aromatic N) is 4. The Labute approximate surface area is 164 Å². The number of hydrogen-bond donors (Lipinski definition) is 3. The number of hydrogen-bond acceptors (Lipinski definition) is 8. The molecule has 0 spiro atoms. The molecule has 1 aliphatic rings. The molecule has 1 aromatic carbocycles. The average Bonchev–Trinajstić information content (AvgIpc) is 3.05. The first-order valence-electron chi connectivity index (χ1n) is 8.84. The minimum Gasteiger partial charge on any atom is -0.404 e. The van der Waals surface area contributed by atoms with Crippen LogP contribution >= 0.6 is 7.82 Å². The Hall–Kier alpha value is -2.59. The van der Waals surface area contributed by atoms with E-state index in [4.69, 9.17) is 14.8 Å². The minimum absolute atomic E-state index is 0.0181. The highest BCUT2D eigenvalue weighted by atomic mass is 31.2. The normalized spacial score (nSPS) is 23.5. The molecule has 0 amide bonds. The molecule has 0 radical (unpaired) electrons. The van der Waals surface area contributed by atoms with Crippen LogP contribution in [0.15, 0.2) is 36.8 Å². The van der Waals surface area contributed by atoms with E-state index in [-0.39, 0.29) is 42.8 Å². The fourth-order valence-electron chi connectivity index (χ4n) is 3.49. The van der Waals surface area contributed by atoms with E-state index in [2.05, 4.69) is 15.0 Å². The van der Waals surface area contributed by atoms with Gasteiger partial charge in [0.2, 0.25) is 5.95 Å². The summed E-state index contributed by atoms with van der Waals surface area (Å²) in [6.07, 6.45) is 3.71. The van der Waals surface area contributed by atoms with Gasteiger partial charge in [0.25, 0.3) is 0 Å². The summed E-state index contributed by atoms with van der Waals surface area (Å²) in [5.74, 6) is -0.743. The molecule has 0 bridgehead atoms. The molecule has 154 valence electrons. The van der Waals surface area contributed by atoms with E-state index in [1.807, 2.05) is 4.57 Å². The first-order chi connectivity index (χ1) is 13.9. The van der Waals surface area contributed by atoms with Crippen LogP contribution in [-0.4, -0.2) is 42.7 Å². The number of nitrogens with two attached hydrogens (primary N) is 1. The summed E-state index contributed by atoms with van der Waals surface area (Å²) in [5.41, 5.74) is 6.80. The number of imidazole rings is 1. The van der Waals surface area contributed by atoms with Crippen LogP contribution in [0, 0.1) is 17.7 Å². The van der Waals surface area contributed by atoms with Crippen molar-refractivity contribution in [2.24, 2.45) is 11.8 Å². The van der Waals surface area contributed by atoms with E-state index in [0.29, 0.717) is 17.6 Å². The van der Waals surface area contributed by atoms with Crippen molar-refractivity contribution in [1.82, 2.24) is 19.5 Å². The number of nitrogen functional groups attached to an aromatic ring is 1. The van der Waals surface area contributed by atoms with Gasteiger partial charge in [0.15, 0.2) is 5.65 Å². The third-order valence-corrected chi connectivity index (χ3v) is 5.95. The predicted molar refractivity (Wildman–Crippen MR) is 100 cm³/mol. The summed E-state index contributed by atoms with van der Waals surface area (Å²) in [4.78, 5) is 22.2. The molecular formula is C17H19FN5O5P. The molecule has 29 heavy (non-hydrogen) atoms. The smallest absolute Gasteiger partial charge is 0.404 e. The van der Waals surface area contributed by atoms with Crippen molar-refractivity contribution in [3.63, 3.8) is 0 Å². The number of aliphatic hydroxyl groups excluding tert-OH is 1. The molecule has 0 saturated heterocycles. The third kappa shape index (κ3) is 4.08. The molecule has 10 nitrogen and oxygen atoms in total. The van der Waals surface area contributed by atoms with Crippen molar-refractivity contribution in [2.45, 2.75) is 12.5 Å². The van der Waals surface area contributed by atoms with Gasteiger partial charge in [-0.25, -0.2) is 18.9 Å². The van der Waals surface area contributed by atoms with E-state index in [1.165, 1.54) is 18.3 Å². The second-order valence-electron chi connectivity index (χ2n) is 6.81. The zero-order chi connectivity index (χ0) is 20.6. The van der Waals surface area contributed by atoms with Gasteiger partial charge in [0, 0.05) is 18.6 Å². The van der Waals surface area contributed by atoms with Crippen molar-refractivity contribution in [2.75, 3.05) is 18.9 Å². The van der Waals surface area contributed by atoms with Gasteiger partial charge in [-0.2, -0.15) is 4.98 Å². The number of halogens is 1. The Morgan fingerprint density at radius 2 is 2.07 bits per heavy atom. The molecule has 3 aromatic rings. The number of anilines is 1. The Morgan fingerprint density at radius 3 is 2.79 bits per heavy atom. The summed E-state index contributed by atoms with van der Waals surface area (Å²) in [7, 11) is -4.39. The number of phosphoric acid groups is 1. The Morgan fingerprint density at radius 1 is 1.31 bits per heavy atom. The van der Waals surface area contributed by atoms with E-state index >= 15 is 0 Å². The summed E-state index contributed by atoms with van der Waals surface area (Å²) in [5, 5.41) is 9.80. The molecule has 1 aliphatic carbocycles. The number of aromatic nitrogens is 4. The van der Waals surface area contributed by atoms with Gasteiger partial charge < -0.3 is 19.9 Å². The molecule has 4 N–H and O–H groups in total. The lowest BCUT2D eigenvalue weighted by molar-refractivity contribution is -0.00487. The molecule has 4 atom stereocenters. The van der Waals surface area contributed by atoms with Crippen molar-refractivity contribution >= 4 is 24.9 Å². The van der Waals surface area contributed by atoms with E-state index in [9.17, 15) is 19.0 Å². The van der Waals surface area contributed by atoms with Crippen LogP contribution in [-0.2, 0) is 9.09 Å². The first-order valence-corrected chi connectivity index (χ1v) is 10.3. The number of aliphatic hydroxyl groups is 1. The lowest BCUT2D eigenvalue weighted by atomic mass is 9.70. The Kier molecular flexibility index (Phi) is 5.22.